The number of nitrogens with one attached hydrogen (secondary N) is 1. The van der Waals surface area contributed by atoms with Crippen LogP contribution in [0.5, 0.6) is 0 Å². The van der Waals surface area contributed by atoms with E-state index in [2.05, 4.69) is 20.2 Å². The molecule has 0 bridgehead atoms. The molecule has 1 aliphatic carbocycles. The molecule has 0 amide bonds. The number of nitrogens with zero attached hydrogens (tertiary/aromatic N) is 3. The summed E-state index contributed by atoms with van der Waals surface area (Å²) in [5.74, 6) is 0.716. The standard InChI is InChI=1S/C19H28N4O2/c24-19(25)7-6-16-12-21-18(13-20-16)22-17-9-11-23(14-17)10-8-15-4-2-1-3-5-15/h6-7,12-13,15,17H,1-5,8-11,14H2,(H,21,22)(H,24,25)/b7-6+/t17-/m1/s1. The lowest BCUT2D eigenvalue weighted by Gasteiger charge is -2.24. The highest BCUT2D eigenvalue weighted by Gasteiger charge is 2.23. The number of rotatable bonds is 7. The normalized spacial score (nSPS) is 22.5. The van der Waals surface area contributed by atoms with Crippen molar-refractivity contribution in [3.05, 3.63) is 24.2 Å². The van der Waals surface area contributed by atoms with Crippen molar-refractivity contribution in [2.45, 2.75) is 51.0 Å². The van der Waals surface area contributed by atoms with Crippen molar-refractivity contribution in [1.82, 2.24) is 14.9 Å². The topological polar surface area (TPSA) is 78.3 Å². The first kappa shape index (κ1) is 17.9. The molecule has 0 radical (unpaired) electrons. The first-order valence-corrected chi connectivity index (χ1v) is 9.41. The van der Waals surface area contributed by atoms with Crippen LogP contribution in [0.4, 0.5) is 5.82 Å². The lowest BCUT2D eigenvalue weighted by Crippen LogP contribution is -2.28. The van der Waals surface area contributed by atoms with Crippen LogP contribution in [0, 0.1) is 5.92 Å². The van der Waals surface area contributed by atoms with Crippen LogP contribution in [0.15, 0.2) is 18.5 Å². The van der Waals surface area contributed by atoms with Gasteiger partial charge in [-0.25, -0.2) is 9.78 Å². The van der Waals surface area contributed by atoms with E-state index in [0.29, 0.717) is 11.7 Å². The predicted molar refractivity (Wildman–Crippen MR) is 98.4 cm³/mol. The van der Waals surface area contributed by atoms with Gasteiger partial charge < -0.3 is 15.3 Å². The molecule has 2 aliphatic rings. The highest BCUT2D eigenvalue weighted by atomic mass is 16.4. The van der Waals surface area contributed by atoms with Crippen molar-refractivity contribution in [2.75, 3.05) is 25.0 Å². The number of aromatic nitrogens is 2. The number of hydrogen-bond acceptors (Lipinski definition) is 5. The number of carbonyl (C=O) groups is 1. The molecule has 1 saturated carbocycles. The van der Waals surface area contributed by atoms with Crippen LogP contribution in [0.1, 0.15) is 50.6 Å². The summed E-state index contributed by atoms with van der Waals surface area (Å²) in [4.78, 5) is 21.6. The second kappa shape index (κ2) is 8.94. The molecule has 25 heavy (non-hydrogen) atoms. The van der Waals surface area contributed by atoms with Gasteiger partial charge in [0.1, 0.15) is 5.82 Å². The van der Waals surface area contributed by atoms with Gasteiger partial charge in [0, 0.05) is 25.2 Å². The third-order valence-electron chi connectivity index (χ3n) is 5.27. The van der Waals surface area contributed by atoms with Crippen LogP contribution >= 0.6 is 0 Å². The molecule has 6 nitrogen and oxygen atoms in total. The molecule has 6 heteroatoms. The van der Waals surface area contributed by atoms with E-state index in [-0.39, 0.29) is 0 Å². The van der Waals surface area contributed by atoms with Crippen molar-refractivity contribution in [1.29, 1.82) is 0 Å². The summed E-state index contributed by atoms with van der Waals surface area (Å²) < 4.78 is 0. The molecule has 2 N–H and O–H groups in total. The Hall–Kier alpha value is -1.95. The van der Waals surface area contributed by atoms with Gasteiger partial charge in [0.2, 0.25) is 0 Å². The van der Waals surface area contributed by atoms with Crippen molar-refractivity contribution in [3.63, 3.8) is 0 Å². The van der Waals surface area contributed by atoms with Crippen molar-refractivity contribution >= 4 is 17.9 Å². The van der Waals surface area contributed by atoms with Crippen LogP contribution in [0.3, 0.4) is 0 Å². The van der Waals surface area contributed by atoms with Crippen molar-refractivity contribution < 1.29 is 9.90 Å². The number of anilines is 1. The minimum atomic E-state index is -0.983. The summed E-state index contributed by atoms with van der Waals surface area (Å²) in [5, 5.41) is 12.1. The minimum absolute atomic E-state index is 0.418. The largest absolute Gasteiger partial charge is 0.478 e. The van der Waals surface area contributed by atoms with Crippen LogP contribution in [-0.4, -0.2) is 51.6 Å². The van der Waals surface area contributed by atoms with Crippen LogP contribution in [0.25, 0.3) is 6.08 Å². The third-order valence-corrected chi connectivity index (χ3v) is 5.27. The average Bonchev–Trinajstić information content (AvgIpc) is 3.08. The molecule has 1 atom stereocenters. The highest BCUT2D eigenvalue weighted by Crippen LogP contribution is 2.27. The van der Waals surface area contributed by atoms with Gasteiger partial charge in [0.15, 0.2) is 0 Å². The van der Waals surface area contributed by atoms with Crippen molar-refractivity contribution in [3.8, 4) is 0 Å². The van der Waals surface area contributed by atoms with E-state index in [0.717, 1.165) is 37.3 Å². The summed E-state index contributed by atoms with van der Waals surface area (Å²) in [7, 11) is 0. The number of carboxylic acids is 1. The Morgan fingerprint density at radius 3 is 2.80 bits per heavy atom. The van der Waals surface area contributed by atoms with E-state index in [4.69, 9.17) is 5.11 Å². The van der Waals surface area contributed by atoms with Gasteiger partial charge >= 0.3 is 5.97 Å². The number of aliphatic carboxylic acids is 1. The first-order valence-electron chi connectivity index (χ1n) is 9.41. The van der Waals surface area contributed by atoms with Crippen LogP contribution in [0.2, 0.25) is 0 Å². The molecule has 1 aromatic heterocycles. The first-order chi connectivity index (χ1) is 12.2. The molecule has 1 aromatic rings. The zero-order valence-electron chi connectivity index (χ0n) is 14.7. The minimum Gasteiger partial charge on any atom is -0.478 e. The SMILES string of the molecule is O=C(O)/C=C/c1cnc(N[C@@H]2CCN(CCC3CCCCC3)C2)cn1. The smallest absolute Gasteiger partial charge is 0.328 e. The van der Waals surface area contributed by atoms with Gasteiger partial charge in [0.05, 0.1) is 18.1 Å². The van der Waals surface area contributed by atoms with Crippen LogP contribution < -0.4 is 5.32 Å². The fourth-order valence-corrected chi connectivity index (χ4v) is 3.86. The van der Waals surface area contributed by atoms with E-state index in [1.807, 2.05) is 0 Å². The van der Waals surface area contributed by atoms with Gasteiger partial charge in [-0.2, -0.15) is 0 Å². The fourth-order valence-electron chi connectivity index (χ4n) is 3.86. The second-order valence-corrected chi connectivity index (χ2v) is 7.22. The summed E-state index contributed by atoms with van der Waals surface area (Å²) in [6.07, 6.45) is 15.4. The molecule has 3 rings (SSSR count). The van der Waals surface area contributed by atoms with E-state index >= 15 is 0 Å². The zero-order chi connectivity index (χ0) is 17.5. The lowest BCUT2D eigenvalue weighted by molar-refractivity contribution is -0.131. The average molecular weight is 344 g/mol. The van der Waals surface area contributed by atoms with E-state index < -0.39 is 5.97 Å². The van der Waals surface area contributed by atoms with Crippen molar-refractivity contribution in [2.24, 2.45) is 5.92 Å². The molecule has 0 spiro atoms. The molecular weight excluding hydrogens is 316 g/mol. The van der Waals surface area contributed by atoms with E-state index in [1.54, 1.807) is 12.4 Å². The highest BCUT2D eigenvalue weighted by molar-refractivity contribution is 5.84. The molecule has 1 aliphatic heterocycles. The number of likely N-dealkylation sites (tertiary alicyclic amines) is 1. The molecule has 0 aromatic carbocycles. The Labute approximate surface area is 149 Å². The lowest BCUT2D eigenvalue weighted by atomic mass is 9.87. The molecular formula is C19H28N4O2. The predicted octanol–water partition coefficient (Wildman–Crippen LogP) is 3.03. The fraction of sp³-hybridized carbons (Fsp3) is 0.632. The van der Waals surface area contributed by atoms with Gasteiger partial charge in [-0.1, -0.05) is 32.1 Å². The monoisotopic (exact) mass is 344 g/mol. The summed E-state index contributed by atoms with van der Waals surface area (Å²) >= 11 is 0. The zero-order valence-corrected chi connectivity index (χ0v) is 14.7. The second-order valence-electron chi connectivity index (χ2n) is 7.22. The van der Waals surface area contributed by atoms with E-state index in [1.165, 1.54) is 51.1 Å². The number of hydrogen-bond donors (Lipinski definition) is 2. The molecule has 1 saturated heterocycles. The third kappa shape index (κ3) is 5.81. The molecule has 0 unspecified atom stereocenters. The van der Waals surface area contributed by atoms with Gasteiger partial charge in [-0.05, 0) is 31.4 Å². The maximum absolute atomic E-state index is 10.5. The number of carboxylic acid groups (broad SMARTS) is 1. The quantitative estimate of drug-likeness (QED) is 0.740. The maximum atomic E-state index is 10.5. The molecule has 2 heterocycles. The van der Waals surface area contributed by atoms with Gasteiger partial charge in [0.25, 0.3) is 0 Å². The Kier molecular flexibility index (Phi) is 6.39. The van der Waals surface area contributed by atoms with Gasteiger partial charge in [-0.3, -0.25) is 4.98 Å². The molecule has 2 fully saturated rings. The Balaban J connectivity index is 1.41. The Bertz CT molecular complexity index is 582. The summed E-state index contributed by atoms with van der Waals surface area (Å²) in [6.45, 7) is 3.43. The summed E-state index contributed by atoms with van der Waals surface area (Å²) in [5.41, 5.74) is 0.550. The van der Waals surface area contributed by atoms with Gasteiger partial charge in [-0.15, -0.1) is 0 Å². The van der Waals surface area contributed by atoms with E-state index in [9.17, 15) is 4.79 Å². The maximum Gasteiger partial charge on any atom is 0.328 e. The molecule has 136 valence electrons. The van der Waals surface area contributed by atoms with Crippen LogP contribution in [-0.2, 0) is 4.79 Å². The Morgan fingerprint density at radius 1 is 1.24 bits per heavy atom. The Morgan fingerprint density at radius 2 is 2.08 bits per heavy atom. The summed E-state index contributed by atoms with van der Waals surface area (Å²) in [6, 6.07) is 0.418.